The molecule has 2 rings (SSSR count). The van der Waals surface area contributed by atoms with Gasteiger partial charge in [-0.25, -0.2) is 0 Å². The van der Waals surface area contributed by atoms with Gasteiger partial charge in [0, 0.05) is 19.1 Å². The highest BCUT2D eigenvalue weighted by Crippen LogP contribution is 2.24. The summed E-state index contributed by atoms with van der Waals surface area (Å²) in [6.45, 7) is 7.98. The monoisotopic (exact) mass is 248 g/mol. The normalized spacial score (nSPS) is 24.4. The van der Waals surface area contributed by atoms with Gasteiger partial charge in [-0.05, 0) is 50.4 Å². The summed E-state index contributed by atoms with van der Waals surface area (Å²) in [6, 6.07) is 9.08. The Hall–Kier alpha value is -1.06. The molecule has 1 heterocycles. The van der Waals surface area contributed by atoms with E-state index in [1.807, 2.05) is 6.92 Å². The van der Waals surface area contributed by atoms with Crippen LogP contribution >= 0.6 is 0 Å². The van der Waals surface area contributed by atoms with Crippen LogP contribution < -0.4 is 10.5 Å². The largest absolute Gasteiger partial charge is 0.494 e. The lowest BCUT2D eigenvalue weighted by molar-refractivity contribution is 0.255. The molecular weight excluding hydrogens is 224 g/mol. The molecule has 0 radical (unpaired) electrons. The number of nitrogens with two attached hydrogens (primary N) is 1. The van der Waals surface area contributed by atoms with E-state index in [1.165, 1.54) is 12.0 Å². The van der Waals surface area contributed by atoms with Gasteiger partial charge in [0.05, 0.1) is 6.61 Å². The van der Waals surface area contributed by atoms with Crippen molar-refractivity contribution < 1.29 is 4.74 Å². The number of hydrogen-bond acceptors (Lipinski definition) is 3. The van der Waals surface area contributed by atoms with E-state index in [2.05, 4.69) is 36.1 Å². The second kappa shape index (κ2) is 6.21. The molecule has 2 N–H and O–H groups in total. The number of hydrogen-bond donors (Lipinski definition) is 1. The van der Waals surface area contributed by atoms with E-state index < -0.39 is 0 Å². The number of ether oxygens (including phenoxy) is 1. The minimum atomic E-state index is 0.644. The maximum atomic E-state index is 5.76. The summed E-state index contributed by atoms with van der Waals surface area (Å²) in [6.07, 6.45) is 1.23. The Labute approximate surface area is 110 Å². The van der Waals surface area contributed by atoms with Crippen LogP contribution in [0, 0.1) is 5.92 Å². The molecule has 0 aromatic heterocycles. The number of rotatable bonds is 5. The maximum Gasteiger partial charge on any atom is 0.119 e. The SMILES string of the molecule is CCOc1ccc(CN2CC(CN)CC2C)cc1. The van der Waals surface area contributed by atoms with Crippen LogP contribution in [0.4, 0.5) is 0 Å². The lowest BCUT2D eigenvalue weighted by Gasteiger charge is -2.21. The highest BCUT2D eigenvalue weighted by molar-refractivity contribution is 5.27. The zero-order valence-corrected chi connectivity index (χ0v) is 11.4. The fraction of sp³-hybridized carbons (Fsp3) is 0.600. The van der Waals surface area contributed by atoms with E-state index in [-0.39, 0.29) is 0 Å². The molecule has 2 atom stereocenters. The van der Waals surface area contributed by atoms with E-state index in [4.69, 9.17) is 10.5 Å². The van der Waals surface area contributed by atoms with Gasteiger partial charge in [0.15, 0.2) is 0 Å². The van der Waals surface area contributed by atoms with Crippen LogP contribution in [0.5, 0.6) is 5.75 Å². The summed E-state index contributed by atoms with van der Waals surface area (Å²) < 4.78 is 5.46. The maximum absolute atomic E-state index is 5.76. The van der Waals surface area contributed by atoms with Crippen molar-refractivity contribution >= 4 is 0 Å². The second-order valence-corrected chi connectivity index (χ2v) is 5.19. The third kappa shape index (κ3) is 3.24. The predicted molar refractivity (Wildman–Crippen MR) is 74.6 cm³/mol. The molecule has 1 aliphatic rings. The molecule has 1 aromatic rings. The molecule has 0 bridgehead atoms. The van der Waals surface area contributed by atoms with Crippen LogP contribution in [0.2, 0.25) is 0 Å². The number of likely N-dealkylation sites (tertiary alicyclic amines) is 1. The molecular formula is C15H24N2O. The summed E-state index contributed by atoms with van der Waals surface area (Å²) in [5, 5.41) is 0. The number of benzene rings is 1. The van der Waals surface area contributed by atoms with E-state index in [1.54, 1.807) is 0 Å². The van der Waals surface area contributed by atoms with E-state index in [0.29, 0.717) is 12.0 Å². The van der Waals surface area contributed by atoms with Crippen molar-refractivity contribution in [3.63, 3.8) is 0 Å². The Bertz CT molecular complexity index is 363. The summed E-state index contributed by atoms with van der Waals surface area (Å²) in [7, 11) is 0. The van der Waals surface area contributed by atoms with Gasteiger partial charge < -0.3 is 10.5 Å². The first-order valence-corrected chi connectivity index (χ1v) is 6.88. The lowest BCUT2D eigenvalue weighted by Crippen LogP contribution is -2.27. The Morgan fingerprint density at radius 2 is 2.06 bits per heavy atom. The quantitative estimate of drug-likeness (QED) is 0.868. The first-order valence-electron chi connectivity index (χ1n) is 6.88. The minimum absolute atomic E-state index is 0.644. The van der Waals surface area contributed by atoms with Crippen molar-refractivity contribution in [1.29, 1.82) is 0 Å². The molecule has 3 heteroatoms. The van der Waals surface area contributed by atoms with Crippen molar-refractivity contribution in [1.82, 2.24) is 4.90 Å². The Kier molecular flexibility index (Phi) is 4.61. The Morgan fingerprint density at radius 1 is 1.33 bits per heavy atom. The highest BCUT2D eigenvalue weighted by Gasteiger charge is 2.27. The van der Waals surface area contributed by atoms with E-state index >= 15 is 0 Å². The minimum Gasteiger partial charge on any atom is -0.494 e. The Balaban J connectivity index is 1.93. The molecule has 100 valence electrons. The zero-order chi connectivity index (χ0) is 13.0. The first-order chi connectivity index (χ1) is 8.72. The second-order valence-electron chi connectivity index (χ2n) is 5.19. The van der Waals surface area contributed by atoms with Gasteiger partial charge in [0.1, 0.15) is 5.75 Å². The van der Waals surface area contributed by atoms with Crippen molar-refractivity contribution in [2.45, 2.75) is 32.9 Å². The zero-order valence-electron chi connectivity index (χ0n) is 11.4. The van der Waals surface area contributed by atoms with Crippen molar-refractivity contribution in [3.8, 4) is 5.75 Å². The van der Waals surface area contributed by atoms with Gasteiger partial charge in [-0.2, -0.15) is 0 Å². The van der Waals surface area contributed by atoms with Crippen LogP contribution in [-0.4, -0.2) is 30.6 Å². The molecule has 0 amide bonds. The molecule has 3 nitrogen and oxygen atoms in total. The molecule has 0 saturated carbocycles. The highest BCUT2D eigenvalue weighted by atomic mass is 16.5. The first kappa shape index (κ1) is 13.4. The van der Waals surface area contributed by atoms with Crippen molar-refractivity contribution in [2.75, 3.05) is 19.7 Å². The Morgan fingerprint density at radius 3 is 2.61 bits per heavy atom. The average Bonchev–Trinajstić information content (AvgIpc) is 2.73. The third-order valence-corrected chi connectivity index (χ3v) is 3.74. The number of nitrogens with zero attached hydrogens (tertiary/aromatic N) is 1. The lowest BCUT2D eigenvalue weighted by atomic mass is 10.1. The summed E-state index contributed by atoms with van der Waals surface area (Å²) in [4.78, 5) is 2.52. The summed E-state index contributed by atoms with van der Waals surface area (Å²) in [5.41, 5.74) is 7.11. The van der Waals surface area contributed by atoms with Crippen LogP contribution in [0.3, 0.4) is 0 Å². The third-order valence-electron chi connectivity index (χ3n) is 3.74. The predicted octanol–water partition coefficient (Wildman–Crippen LogP) is 2.25. The topological polar surface area (TPSA) is 38.5 Å². The van der Waals surface area contributed by atoms with E-state index in [0.717, 1.165) is 32.0 Å². The van der Waals surface area contributed by atoms with Crippen LogP contribution in [-0.2, 0) is 6.54 Å². The molecule has 1 saturated heterocycles. The van der Waals surface area contributed by atoms with Crippen LogP contribution in [0.25, 0.3) is 0 Å². The molecule has 1 aromatic carbocycles. The van der Waals surface area contributed by atoms with Gasteiger partial charge in [-0.3, -0.25) is 4.90 Å². The smallest absolute Gasteiger partial charge is 0.119 e. The molecule has 0 spiro atoms. The van der Waals surface area contributed by atoms with Gasteiger partial charge >= 0.3 is 0 Å². The standard InChI is InChI=1S/C15H24N2O/c1-3-18-15-6-4-13(5-7-15)10-17-11-14(9-16)8-12(17)2/h4-7,12,14H,3,8-11,16H2,1-2H3. The van der Waals surface area contributed by atoms with Gasteiger partial charge in [-0.15, -0.1) is 0 Å². The van der Waals surface area contributed by atoms with Gasteiger partial charge in [-0.1, -0.05) is 12.1 Å². The van der Waals surface area contributed by atoms with Gasteiger partial charge in [0.25, 0.3) is 0 Å². The van der Waals surface area contributed by atoms with Gasteiger partial charge in [0.2, 0.25) is 0 Å². The van der Waals surface area contributed by atoms with Crippen LogP contribution in [0.1, 0.15) is 25.8 Å². The molecule has 1 fully saturated rings. The fourth-order valence-electron chi connectivity index (χ4n) is 2.70. The summed E-state index contributed by atoms with van der Waals surface area (Å²) in [5.74, 6) is 1.62. The van der Waals surface area contributed by atoms with Crippen LogP contribution in [0.15, 0.2) is 24.3 Å². The average molecular weight is 248 g/mol. The summed E-state index contributed by atoms with van der Waals surface area (Å²) >= 11 is 0. The fourth-order valence-corrected chi connectivity index (χ4v) is 2.70. The van der Waals surface area contributed by atoms with E-state index in [9.17, 15) is 0 Å². The molecule has 18 heavy (non-hydrogen) atoms. The molecule has 1 aliphatic heterocycles. The van der Waals surface area contributed by atoms with Crippen molar-refractivity contribution in [3.05, 3.63) is 29.8 Å². The molecule has 0 aliphatic carbocycles. The van der Waals surface area contributed by atoms with Crippen molar-refractivity contribution in [2.24, 2.45) is 11.7 Å². The molecule has 2 unspecified atom stereocenters.